The highest BCUT2D eigenvalue weighted by Gasteiger charge is 2.25. The molecule has 0 aliphatic carbocycles. The molecule has 15 heavy (non-hydrogen) atoms. The van der Waals surface area contributed by atoms with Gasteiger partial charge >= 0.3 is 0 Å². The molecule has 1 heterocycles. The third-order valence-corrected chi connectivity index (χ3v) is 2.71. The van der Waals surface area contributed by atoms with Crippen LogP contribution in [0.4, 0.5) is 0 Å². The first-order chi connectivity index (χ1) is 7.09. The van der Waals surface area contributed by atoms with Gasteiger partial charge in [-0.25, -0.2) is 0 Å². The number of hydrogen-bond donors (Lipinski definition) is 0. The van der Waals surface area contributed by atoms with E-state index in [0.29, 0.717) is 0 Å². The number of Topliss-reactive ketones (excluding diaryl/α,β-unsaturated/α-hetero) is 1. The van der Waals surface area contributed by atoms with Gasteiger partial charge in [0.1, 0.15) is 11.9 Å². The van der Waals surface area contributed by atoms with Gasteiger partial charge in [0.15, 0.2) is 5.78 Å². The summed E-state index contributed by atoms with van der Waals surface area (Å²) in [5.41, 5.74) is 1.90. The monoisotopic (exact) mass is 204 g/mol. The van der Waals surface area contributed by atoms with Crippen LogP contribution in [0.3, 0.4) is 0 Å². The summed E-state index contributed by atoms with van der Waals surface area (Å²) in [6, 6.07) is 5.84. The predicted molar refractivity (Wildman–Crippen MR) is 59.4 cm³/mol. The molecule has 2 nitrogen and oxygen atoms in total. The van der Waals surface area contributed by atoms with Crippen molar-refractivity contribution >= 4 is 5.78 Å². The molecule has 1 aromatic carbocycles. The number of ether oxygens (including phenoxy) is 1. The molecule has 0 radical (unpaired) electrons. The molecule has 0 aromatic heterocycles. The minimum atomic E-state index is 0.0241. The molecule has 0 saturated heterocycles. The highest BCUT2D eigenvalue weighted by atomic mass is 16.5. The minimum Gasteiger partial charge on any atom is -0.489 e. The van der Waals surface area contributed by atoms with Crippen LogP contribution in [0.5, 0.6) is 5.75 Å². The largest absolute Gasteiger partial charge is 0.489 e. The van der Waals surface area contributed by atoms with Crippen LogP contribution >= 0.6 is 0 Å². The van der Waals surface area contributed by atoms with Gasteiger partial charge in [-0.3, -0.25) is 4.79 Å². The molecule has 0 N–H and O–H groups in total. The van der Waals surface area contributed by atoms with Gasteiger partial charge in [-0.1, -0.05) is 26.0 Å². The maximum atomic E-state index is 11.9. The smallest absolute Gasteiger partial charge is 0.169 e. The number of carbonyl (C=O) groups excluding carboxylic acids is 1. The number of ketones is 1. The molecule has 0 spiro atoms. The van der Waals surface area contributed by atoms with Crippen LogP contribution in [0, 0.1) is 5.92 Å². The molecule has 0 amide bonds. The fourth-order valence-electron chi connectivity index (χ4n) is 1.94. The molecule has 80 valence electrons. The van der Waals surface area contributed by atoms with Crippen LogP contribution in [0.15, 0.2) is 18.2 Å². The Morgan fingerprint density at radius 3 is 2.87 bits per heavy atom. The van der Waals surface area contributed by atoms with Crippen LogP contribution in [-0.2, 0) is 6.42 Å². The molecular weight excluding hydrogens is 188 g/mol. The summed E-state index contributed by atoms with van der Waals surface area (Å²) in [6.07, 6.45) is 1.11. The number of carbonyl (C=O) groups is 1. The number of benzene rings is 1. The number of rotatable bonds is 2. The van der Waals surface area contributed by atoms with E-state index < -0.39 is 0 Å². The first-order valence-corrected chi connectivity index (χ1v) is 5.42. The van der Waals surface area contributed by atoms with E-state index in [1.807, 2.05) is 39.0 Å². The van der Waals surface area contributed by atoms with E-state index in [-0.39, 0.29) is 17.8 Å². The van der Waals surface area contributed by atoms with Crippen LogP contribution in [0.2, 0.25) is 0 Å². The van der Waals surface area contributed by atoms with Gasteiger partial charge in [0.25, 0.3) is 0 Å². The molecule has 1 aromatic rings. The Morgan fingerprint density at radius 2 is 2.20 bits per heavy atom. The quantitative estimate of drug-likeness (QED) is 0.692. The molecule has 1 aliphatic heterocycles. The van der Waals surface area contributed by atoms with E-state index in [0.717, 1.165) is 23.3 Å². The summed E-state index contributed by atoms with van der Waals surface area (Å²) < 4.78 is 5.69. The Balaban J connectivity index is 2.43. The Morgan fingerprint density at radius 1 is 1.47 bits per heavy atom. The molecule has 0 fully saturated rings. The van der Waals surface area contributed by atoms with Crippen molar-refractivity contribution in [2.75, 3.05) is 0 Å². The zero-order valence-electron chi connectivity index (χ0n) is 9.41. The third-order valence-electron chi connectivity index (χ3n) is 2.71. The second kappa shape index (κ2) is 3.69. The van der Waals surface area contributed by atoms with Crippen molar-refractivity contribution in [1.29, 1.82) is 0 Å². The zero-order chi connectivity index (χ0) is 11.0. The van der Waals surface area contributed by atoms with E-state index >= 15 is 0 Å². The molecule has 2 rings (SSSR count). The molecule has 1 aliphatic rings. The lowest BCUT2D eigenvalue weighted by atomic mass is 9.98. The summed E-state index contributed by atoms with van der Waals surface area (Å²) >= 11 is 0. The van der Waals surface area contributed by atoms with Gasteiger partial charge in [-0.05, 0) is 18.6 Å². The van der Waals surface area contributed by atoms with E-state index in [2.05, 4.69) is 0 Å². The van der Waals surface area contributed by atoms with Gasteiger partial charge < -0.3 is 4.74 Å². The average Bonchev–Trinajstić information content (AvgIpc) is 2.56. The van der Waals surface area contributed by atoms with Crippen molar-refractivity contribution in [3.63, 3.8) is 0 Å². The van der Waals surface area contributed by atoms with Gasteiger partial charge in [-0.2, -0.15) is 0 Å². The molecule has 2 heteroatoms. The van der Waals surface area contributed by atoms with Crippen molar-refractivity contribution in [2.45, 2.75) is 33.3 Å². The standard InChI is InChI=1S/C13H16O2/c1-8(2)12(14)11-6-4-5-10-7-9(3)15-13(10)11/h4-6,8-9H,7H2,1-3H3. The van der Waals surface area contributed by atoms with Crippen molar-refractivity contribution < 1.29 is 9.53 Å². The molecule has 1 unspecified atom stereocenters. The Bertz CT molecular complexity index is 394. The number of para-hydroxylation sites is 1. The van der Waals surface area contributed by atoms with Crippen molar-refractivity contribution in [3.05, 3.63) is 29.3 Å². The summed E-state index contributed by atoms with van der Waals surface area (Å²) in [5.74, 6) is 1.00. The minimum absolute atomic E-state index is 0.0241. The van der Waals surface area contributed by atoms with Gasteiger partial charge in [0.05, 0.1) is 5.56 Å². The maximum Gasteiger partial charge on any atom is 0.169 e. The SMILES string of the molecule is CC1Cc2cccc(C(=O)C(C)C)c2O1. The zero-order valence-corrected chi connectivity index (χ0v) is 9.41. The topological polar surface area (TPSA) is 26.3 Å². The van der Waals surface area contributed by atoms with E-state index in [1.54, 1.807) is 0 Å². The van der Waals surface area contributed by atoms with Gasteiger partial charge in [0.2, 0.25) is 0 Å². The second-order valence-corrected chi connectivity index (χ2v) is 4.45. The summed E-state index contributed by atoms with van der Waals surface area (Å²) in [6.45, 7) is 5.86. The average molecular weight is 204 g/mol. The van der Waals surface area contributed by atoms with Crippen LogP contribution in [-0.4, -0.2) is 11.9 Å². The van der Waals surface area contributed by atoms with Gasteiger partial charge in [-0.15, -0.1) is 0 Å². The second-order valence-electron chi connectivity index (χ2n) is 4.45. The fourth-order valence-corrected chi connectivity index (χ4v) is 1.94. The summed E-state index contributed by atoms with van der Waals surface area (Å²) in [7, 11) is 0. The van der Waals surface area contributed by atoms with E-state index in [4.69, 9.17) is 4.74 Å². The molecule has 0 saturated carbocycles. The molecular formula is C13H16O2. The van der Waals surface area contributed by atoms with Crippen molar-refractivity contribution in [3.8, 4) is 5.75 Å². The van der Waals surface area contributed by atoms with E-state index in [1.165, 1.54) is 0 Å². The summed E-state index contributed by atoms with van der Waals surface area (Å²) in [5, 5.41) is 0. The molecule has 1 atom stereocenters. The first-order valence-electron chi connectivity index (χ1n) is 5.42. The van der Waals surface area contributed by atoms with E-state index in [9.17, 15) is 4.79 Å². The Kier molecular flexibility index (Phi) is 2.51. The lowest BCUT2D eigenvalue weighted by Gasteiger charge is -2.10. The normalized spacial score (nSPS) is 18.8. The third kappa shape index (κ3) is 1.76. The summed E-state index contributed by atoms with van der Waals surface area (Å²) in [4.78, 5) is 11.9. The maximum absolute atomic E-state index is 11.9. The van der Waals surface area contributed by atoms with Crippen LogP contribution < -0.4 is 4.74 Å². The molecule has 0 bridgehead atoms. The lowest BCUT2D eigenvalue weighted by molar-refractivity contribution is 0.0934. The lowest BCUT2D eigenvalue weighted by Crippen LogP contribution is -2.10. The predicted octanol–water partition coefficient (Wildman–Crippen LogP) is 2.85. The van der Waals surface area contributed by atoms with Crippen LogP contribution in [0.1, 0.15) is 36.7 Å². The van der Waals surface area contributed by atoms with Crippen molar-refractivity contribution in [1.82, 2.24) is 0 Å². The number of fused-ring (bicyclic) bond motifs is 1. The first kappa shape index (κ1) is 10.2. The fraction of sp³-hybridized carbons (Fsp3) is 0.462. The Labute approximate surface area is 90.3 Å². The highest BCUT2D eigenvalue weighted by molar-refractivity contribution is 6.00. The van der Waals surface area contributed by atoms with Crippen molar-refractivity contribution in [2.24, 2.45) is 5.92 Å². The number of hydrogen-bond acceptors (Lipinski definition) is 2. The Hall–Kier alpha value is -1.31. The van der Waals surface area contributed by atoms with Gasteiger partial charge in [0, 0.05) is 12.3 Å². The highest BCUT2D eigenvalue weighted by Crippen LogP contribution is 2.33. The van der Waals surface area contributed by atoms with Crippen LogP contribution in [0.25, 0.3) is 0 Å².